The lowest BCUT2D eigenvalue weighted by Crippen LogP contribution is -2.34. The van der Waals surface area contributed by atoms with E-state index in [4.69, 9.17) is 9.47 Å². The van der Waals surface area contributed by atoms with Gasteiger partial charge in [-0.1, -0.05) is 13.0 Å². The fourth-order valence-corrected chi connectivity index (χ4v) is 4.34. The Kier molecular flexibility index (Phi) is 7.20. The Hall–Kier alpha value is -1.89. The molecule has 1 heterocycles. The summed E-state index contributed by atoms with van der Waals surface area (Å²) in [6, 6.07) is 5.78. The van der Waals surface area contributed by atoms with E-state index in [0.717, 1.165) is 12.0 Å². The van der Waals surface area contributed by atoms with Crippen LogP contribution < -0.4 is 9.47 Å². The second-order valence-corrected chi connectivity index (χ2v) is 7.72. The molecule has 2 amide bonds. The highest BCUT2D eigenvalue weighted by Crippen LogP contribution is 2.44. The third kappa shape index (κ3) is 4.44. The van der Waals surface area contributed by atoms with Crippen LogP contribution >= 0.6 is 11.8 Å². The molecule has 0 aliphatic carbocycles. The fraction of sp³-hybridized carbons (Fsp3) is 0.579. The van der Waals surface area contributed by atoms with Crippen molar-refractivity contribution in [1.29, 1.82) is 0 Å². The number of ether oxygens (including phenoxy) is 2. The maximum Gasteiger partial charge on any atom is 0.236 e. The van der Waals surface area contributed by atoms with Gasteiger partial charge in [-0.2, -0.15) is 0 Å². The number of carbonyl (C=O) groups is 2. The molecule has 1 aliphatic rings. The van der Waals surface area contributed by atoms with E-state index in [2.05, 4.69) is 0 Å². The van der Waals surface area contributed by atoms with Crippen LogP contribution in [0.1, 0.15) is 37.6 Å². The van der Waals surface area contributed by atoms with Crippen molar-refractivity contribution < 1.29 is 19.1 Å². The Labute approximate surface area is 159 Å². The highest BCUT2D eigenvalue weighted by molar-refractivity contribution is 8.01. The standard InChI is InChI=1S/C19H28N2O4S/c1-6-17(22)20(3)10-7-11-21-18(23)13(2)26-19(21)14-8-9-15(24-4)16(12-14)25-5/h8-9,12-13,19H,6-7,10-11H2,1-5H3/t13-,19-/m0/s1. The molecule has 1 aromatic rings. The fourth-order valence-electron chi connectivity index (χ4n) is 3.04. The smallest absolute Gasteiger partial charge is 0.236 e. The molecule has 0 saturated carbocycles. The molecular weight excluding hydrogens is 352 g/mol. The molecule has 2 atom stereocenters. The predicted octanol–water partition coefficient (Wildman–Crippen LogP) is 2.92. The molecule has 0 radical (unpaired) electrons. The van der Waals surface area contributed by atoms with Crippen LogP contribution in [0.25, 0.3) is 0 Å². The summed E-state index contributed by atoms with van der Waals surface area (Å²) in [7, 11) is 5.02. The van der Waals surface area contributed by atoms with Crippen molar-refractivity contribution in [3.63, 3.8) is 0 Å². The first-order valence-electron chi connectivity index (χ1n) is 8.84. The van der Waals surface area contributed by atoms with Gasteiger partial charge in [0.25, 0.3) is 0 Å². The van der Waals surface area contributed by atoms with Crippen molar-refractivity contribution in [2.45, 2.75) is 37.3 Å². The van der Waals surface area contributed by atoms with Crippen molar-refractivity contribution in [2.75, 3.05) is 34.4 Å². The number of nitrogens with zero attached hydrogens (tertiary/aromatic N) is 2. The Bertz CT molecular complexity index is 652. The van der Waals surface area contributed by atoms with Gasteiger partial charge >= 0.3 is 0 Å². The zero-order valence-electron chi connectivity index (χ0n) is 16.2. The number of carbonyl (C=O) groups excluding carboxylic acids is 2. The van der Waals surface area contributed by atoms with E-state index in [1.54, 1.807) is 37.9 Å². The molecular formula is C19H28N2O4S. The molecule has 1 aromatic carbocycles. The van der Waals surface area contributed by atoms with Crippen molar-refractivity contribution in [1.82, 2.24) is 9.80 Å². The Balaban J connectivity index is 2.11. The molecule has 0 aromatic heterocycles. The van der Waals surface area contributed by atoms with E-state index < -0.39 is 0 Å². The van der Waals surface area contributed by atoms with Gasteiger partial charge in [0.1, 0.15) is 5.37 Å². The van der Waals surface area contributed by atoms with Gasteiger partial charge in [0.05, 0.1) is 19.5 Å². The number of amides is 2. The maximum atomic E-state index is 12.6. The molecule has 0 spiro atoms. The van der Waals surface area contributed by atoms with Crippen LogP contribution in [0.5, 0.6) is 11.5 Å². The normalized spacial score (nSPS) is 19.6. The molecule has 26 heavy (non-hydrogen) atoms. The summed E-state index contributed by atoms with van der Waals surface area (Å²) in [5, 5.41) is -0.132. The van der Waals surface area contributed by atoms with E-state index >= 15 is 0 Å². The second kappa shape index (κ2) is 9.16. The van der Waals surface area contributed by atoms with Gasteiger partial charge in [-0.15, -0.1) is 11.8 Å². The molecule has 144 valence electrons. The number of benzene rings is 1. The maximum absolute atomic E-state index is 12.6. The van der Waals surface area contributed by atoms with E-state index in [0.29, 0.717) is 31.0 Å². The number of methoxy groups -OCH3 is 2. The van der Waals surface area contributed by atoms with Crippen molar-refractivity contribution >= 4 is 23.6 Å². The van der Waals surface area contributed by atoms with Crippen LogP contribution in [-0.2, 0) is 9.59 Å². The monoisotopic (exact) mass is 380 g/mol. The highest BCUT2D eigenvalue weighted by atomic mass is 32.2. The van der Waals surface area contributed by atoms with Gasteiger partial charge in [-0.3, -0.25) is 9.59 Å². The minimum absolute atomic E-state index is 0.0514. The number of rotatable bonds is 8. The molecule has 1 saturated heterocycles. The van der Waals surface area contributed by atoms with E-state index in [9.17, 15) is 9.59 Å². The van der Waals surface area contributed by atoms with Gasteiger partial charge < -0.3 is 19.3 Å². The topological polar surface area (TPSA) is 59.1 Å². The third-order valence-corrected chi connectivity index (χ3v) is 5.95. The minimum atomic E-state index is -0.0805. The quantitative estimate of drug-likeness (QED) is 0.694. The van der Waals surface area contributed by atoms with Crippen molar-refractivity contribution in [3.8, 4) is 11.5 Å². The summed E-state index contributed by atoms with van der Waals surface area (Å²) in [5.74, 6) is 1.59. The number of thioether (sulfide) groups is 1. The molecule has 1 aliphatic heterocycles. The zero-order valence-corrected chi connectivity index (χ0v) is 17.0. The molecule has 0 N–H and O–H groups in total. The summed E-state index contributed by atoms with van der Waals surface area (Å²) in [6.07, 6.45) is 1.26. The Morgan fingerprint density at radius 1 is 1.27 bits per heavy atom. The van der Waals surface area contributed by atoms with Crippen molar-refractivity contribution in [3.05, 3.63) is 23.8 Å². The van der Waals surface area contributed by atoms with E-state index in [1.807, 2.05) is 36.9 Å². The molecule has 6 nitrogen and oxygen atoms in total. The second-order valence-electron chi connectivity index (χ2n) is 6.30. The first-order valence-corrected chi connectivity index (χ1v) is 9.79. The van der Waals surface area contributed by atoms with Gasteiger partial charge in [0.2, 0.25) is 11.8 Å². The summed E-state index contributed by atoms with van der Waals surface area (Å²) in [5.41, 5.74) is 1.02. The third-order valence-electron chi connectivity index (χ3n) is 4.56. The van der Waals surface area contributed by atoms with Crippen molar-refractivity contribution in [2.24, 2.45) is 0 Å². The zero-order chi connectivity index (χ0) is 19.3. The summed E-state index contributed by atoms with van der Waals surface area (Å²) < 4.78 is 10.7. The van der Waals surface area contributed by atoms with Gasteiger partial charge in [-0.05, 0) is 31.0 Å². The molecule has 0 bridgehead atoms. The lowest BCUT2D eigenvalue weighted by Gasteiger charge is -2.26. The SMILES string of the molecule is CCC(=O)N(C)CCCN1C(=O)[C@H](C)S[C@H]1c1ccc(OC)c(OC)c1. The molecule has 1 fully saturated rings. The largest absolute Gasteiger partial charge is 0.493 e. The summed E-state index contributed by atoms with van der Waals surface area (Å²) in [4.78, 5) is 27.9. The Morgan fingerprint density at radius 2 is 1.96 bits per heavy atom. The molecule has 0 unspecified atom stereocenters. The van der Waals surface area contributed by atoms with Gasteiger partial charge in [-0.25, -0.2) is 0 Å². The van der Waals surface area contributed by atoms with E-state index in [-0.39, 0.29) is 22.4 Å². The highest BCUT2D eigenvalue weighted by Gasteiger charge is 2.38. The number of hydrogen-bond donors (Lipinski definition) is 0. The van der Waals surface area contributed by atoms with Gasteiger partial charge in [0, 0.05) is 26.6 Å². The van der Waals surface area contributed by atoms with Crippen LogP contribution in [-0.4, -0.2) is 61.2 Å². The Morgan fingerprint density at radius 3 is 2.58 bits per heavy atom. The predicted molar refractivity (Wildman–Crippen MR) is 104 cm³/mol. The van der Waals surface area contributed by atoms with Crippen LogP contribution in [0.15, 0.2) is 18.2 Å². The first kappa shape index (κ1) is 20.4. The van der Waals surface area contributed by atoms with Gasteiger partial charge in [0.15, 0.2) is 11.5 Å². The average Bonchev–Trinajstić information content (AvgIpc) is 2.94. The molecule has 2 rings (SSSR count). The summed E-state index contributed by atoms with van der Waals surface area (Å²) >= 11 is 1.64. The minimum Gasteiger partial charge on any atom is -0.493 e. The molecule has 7 heteroatoms. The average molecular weight is 381 g/mol. The lowest BCUT2D eigenvalue weighted by atomic mass is 10.1. The van der Waals surface area contributed by atoms with E-state index in [1.165, 1.54) is 0 Å². The first-order chi connectivity index (χ1) is 12.4. The van der Waals surface area contributed by atoms with Crippen LogP contribution in [0.3, 0.4) is 0 Å². The lowest BCUT2D eigenvalue weighted by molar-refractivity contribution is -0.130. The summed E-state index contributed by atoms with van der Waals surface area (Å²) in [6.45, 7) is 5.06. The van der Waals surface area contributed by atoms with Crippen LogP contribution in [0, 0.1) is 0 Å². The number of hydrogen-bond acceptors (Lipinski definition) is 5. The van der Waals surface area contributed by atoms with Crippen LogP contribution in [0.2, 0.25) is 0 Å². The van der Waals surface area contributed by atoms with Crippen LogP contribution in [0.4, 0.5) is 0 Å².